The number of rotatable bonds is 10. The highest BCUT2D eigenvalue weighted by Gasteiger charge is 2.04. The van der Waals surface area contributed by atoms with Crippen LogP contribution < -0.4 is 10.1 Å². The highest BCUT2D eigenvalue weighted by Crippen LogP contribution is 2.14. The Labute approximate surface area is 158 Å². The van der Waals surface area contributed by atoms with Gasteiger partial charge in [-0.3, -0.25) is 9.78 Å². The third kappa shape index (κ3) is 8.15. The van der Waals surface area contributed by atoms with Gasteiger partial charge in [0.25, 0.3) is 5.91 Å². The number of esters is 1. The number of nitrogens with one attached hydrogen (secondary N) is 1. The van der Waals surface area contributed by atoms with Crippen LogP contribution in [0, 0.1) is 0 Å². The van der Waals surface area contributed by atoms with Crippen LogP contribution in [-0.2, 0) is 25.7 Å². The molecular weight excluding hydrogens is 348 g/mol. The Morgan fingerprint density at radius 2 is 1.96 bits per heavy atom. The SMILES string of the molecule is COCCNC(=O)COC(=O)/C=C/c1ccc(OCc2ccccn2)cc1. The van der Waals surface area contributed by atoms with Gasteiger partial charge in [-0.1, -0.05) is 18.2 Å². The zero-order valence-corrected chi connectivity index (χ0v) is 15.1. The molecule has 0 aliphatic heterocycles. The molecule has 0 fully saturated rings. The van der Waals surface area contributed by atoms with Gasteiger partial charge in [-0.05, 0) is 35.9 Å². The summed E-state index contributed by atoms with van der Waals surface area (Å²) in [6.45, 7) is 0.834. The van der Waals surface area contributed by atoms with Crippen LogP contribution in [0.4, 0.5) is 0 Å². The molecule has 0 saturated carbocycles. The molecule has 1 aromatic heterocycles. The molecule has 0 aliphatic rings. The van der Waals surface area contributed by atoms with Gasteiger partial charge in [-0.2, -0.15) is 0 Å². The van der Waals surface area contributed by atoms with E-state index in [1.807, 2.05) is 30.3 Å². The smallest absolute Gasteiger partial charge is 0.331 e. The average molecular weight is 370 g/mol. The van der Waals surface area contributed by atoms with Gasteiger partial charge in [0.1, 0.15) is 12.4 Å². The minimum absolute atomic E-state index is 0.326. The number of ether oxygens (including phenoxy) is 3. The van der Waals surface area contributed by atoms with Gasteiger partial charge in [-0.15, -0.1) is 0 Å². The molecule has 0 radical (unpaired) electrons. The van der Waals surface area contributed by atoms with Crippen molar-refractivity contribution in [3.63, 3.8) is 0 Å². The van der Waals surface area contributed by atoms with Crippen LogP contribution in [0.1, 0.15) is 11.3 Å². The molecular formula is C20H22N2O5. The molecule has 1 heterocycles. The average Bonchev–Trinajstić information content (AvgIpc) is 2.71. The number of carbonyl (C=O) groups is 2. The van der Waals surface area contributed by atoms with E-state index in [-0.39, 0.29) is 12.5 Å². The summed E-state index contributed by atoms with van der Waals surface area (Å²) in [6, 6.07) is 12.9. The number of methoxy groups -OCH3 is 1. The highest BCUT2D eigenvalue weighted by atomic mass is 16.5. The number of hydrogen-bond donors (Lipinski definition) is 1. The second-order valence-electron chi connectivity index (χ2n) is 5.46. The lowest BCUT2D eigenvalue weighted by molar-refractivity contribution is -0.143. The van der Waals surface area contributed by atoms with Crippen molar-refractivity contribution < 1.29 is 23.8 Å². The molecule has 0 saturated heterocycles. The molecule has 2 aromatic rings. The third-order valence-electron chi connectivity index (χ3n) is 3.38. The Kier molecular flexibility index (Phi) is 8.52. The summed E-state index contributed by atoms with van der Waals surface area (Å²) in [5.41, 5.74) is 1.65. The number of nitrogens with zero attached hydrogens (tertiary/aromatic N) is 1. The Hall–Kier alpha value is -3.19. The van der Waals surface area contributed by atoms with E-state index in [1.54, 1.807) is 24.4 Å². The largest absolute Gasteiger partial charge is 0.487 e. The zero-order chi connectivity index (χ0) is 19.3. The second kappa shape index (κ2) is 11.4. The maximum Gasteiger partial charge on any atom is 0.331 e. The van der Waals surface area contributed by atoms with Crippen molar-refractivity contribution in [1.29, 1.82) is 0 Å². The van der Waals surface area contributed by atoms with Gasteiger partial charge < -0.3 is 19.5 Å². The molecule has 142 valence electrons. The van der Waals surface area contributed by atoms with Crippen molar-refractivity contribution in [1.82, 2.24) is 10.3 Å². The van der Waals surface area contributed by atoms with E-state index in [9.17, 15) is 9.59 Å². The normalized spacial score (nSPS) is 10.6. The Bertz CT molecular complexity index is 745. The minimum atomic E-state index is -0.590. The molecule has 0 atom stereocenters. The monoisotopic (exact) mass is 370 g/mol. The van der Waals surface area contributed by atoms with Crippen LogP contribution in [0.3, 0.4) is 0 Å². The summed E-state index contributed by atoms with van der Waals surface area (Å²) < 4.78 is 15.3. The number of benzene rings is 1. The first-order valence-electron chi connectivity index (χ1n) is 8.40. The number of hydrogen-bond acceptors (Lipinski definition) is 6. The Morgan fingerprint density at radius 3 is 2.67 bits per heavy atom. The topological polar surface area (TPSA) is 86.8 Å². The lowest BCUT2D eigenvalue weighted by Gasteiger charge is -2.06. The van der Waals surface area contributed by atoms with Crippen molar-refractivity contribution in [3.8, 4) is 5.75 Å². The third-order valence-corrected chi connectivity index (χ3v) is 3.38. The Morgan fingerprint density at radius 1 is 1.15 bits per heavy atom. The second-order valence-corrected chi connectivity index (χ2v) is 5.46. The first kappa shape index (κ1) is 20.1. The van der Waals surface area contributed by atoms with Gasteiger partial charge in [0.2, 0.25) is 0 Å². The quantitative estimate of drug-likeness (QED) is 0.391. The first-order valence-corrected chi connectivity index (χ1v) is 8.40. The number of amides is 1. The van der Waals surface area contributed by atoms with E-state index in [0.717, 1.165) is 11.3 Å². The molecule has 0 aliphatic carbocycles. The first-order chi connectivity index (χ1) is 13.2. The van der Waals surface area contributed by atoms with Crippen LogP contribution in [0.5, 0.6) is 5.75 Å². The van der Waals surface area contributed by atoms with Crippen molar-refractivity contribution in [3.05, 3.63) is 66.0 Å². The van der Waals surface area contributed by atoms with E-state index in [1.165, 1.54) is 13.2 Å². The maximum absolute atomic E-state index is 11.6. The summed E-state index contributed by atoms with van der Waals surface area (Å²) in [4.78, 5) is 27.2. The highest BCUT2D eigenvalue weighted by molar-refractivity contribution is 5.89. The van der Waals surface area contributed by atoms with Crippen molar-refractivity contribution in [2.24, 2.45) is 0 Å². The molecule has 0 unspecified atom stereocenters. The summed E-state index contributed by atoms with van der Waals surface area (Å²) >= 11 is 0. The molecule has 0 bridgehead atoms. The van der Waals surface area contributed by atoms with Gasteiger partial charge in [0.05, 0.1) is 12.3 Å². The van der Waals surface area contributed by atoms with Crippen LogP contribution >= 0.6 is 0 Å². The van der Waals surface area contributed by atoms with Gasteiger partial charge in [-0.25, -0.2) is 4.79 Å². The summed E-state index contributed by atoms with van der Waals surface area (Å²) in [5.74, 6) is -0.260. The molecule has 7 heteroatoms. The van der Waals surface area contributed by atoms with E-state index in [2.05, 4.69) is 10.3 Å². The lowest BCUT2D eigenvalue weighted by atomic mass is 10.2. The van der Waals surface area contributed by atoms with Gasteiger partial charge >= 0.3 is 5.97 Å². The van der Waals surface area contributed by atoms with Crippen molar-refractivity contribution in [2.45, 2.75) is 6.61 Å². The van der Waals surface area contributed by atoms with E-state index >= 15 is 0 Å². The number of pyridine rings is 1. The van der Waals surface area contributed by atoms with E-state index < -0.39 is 5.97 Å². The van der Waals surface area contributed by atoms with Crippen molar-refractivity contribution >= 4 is 18.0 Å². The molecule has 0 spiro atoms. The van der Waals surface area contributed by atoms with E-state index in [4.69, 9.17) is 14.2 Å². The predicted octanol–water partition coefficient (Wildman–Crippen LogP) is 1.98. The van der Waals surface area contributed by atoms with Crippen LogP contribution in [0.15, 0.2) is 54.7 Å². The number of aromatic nitrogens is 1. The summed E-state index contributed by atoms with van der Waals surface area (Å²) in [6.07, 6.45) is 4.59. The molecule has 1 N–H and O–H groups in total. The van der Waals surface area contributed by atoms with Gasteiger partial charge in [0.15, 0.2) is 6.61 Å². The van der Waals surface area contributed by atoms with Crippen LogP contribution in [-0.4, -0.2) is 43.7 Å². The fraction of sp³-hybridized carbons (Fsp3) is 0.250. The Balaban J connectivity index is 1.73. The lowest BCUT2D eigenvalue weighted by Crippen LogP contribution is -2.31. The molecule has 1 aromatic carbocycles. The fourth-order valence-corrected chi connectivity index (χ4v) is 2.01. The molecule has 7 nitrogen and oxygen atoms in total. The number of carbonyl (C=O) groups excluding carboxylic acids is 2. The van der Waals surface area contributed by atoms with Crippen molar-refractivity contribution in [2.75, 3.05) is 26.9 Å². The fourth-order valence-electron chi connectivity index (χ4n) is 2.01. The van der Waals surface area contributed by atoms with Crippen LogP contribution in [0.2, 0.25) is 0 Å². The minimum Gasteiger partial charge on any atom is -0.487 e. The molecule has 2 rings (SSSR count). The van der Waals surface area contributed by atoms with E-state index in [0.29, 0.717) is 25.5 Å². The van der Waals surface area contributed by atoms with Gasteiger partial charge in [0, 0.05) is 25.9 Å². The predicted molar refractivity (Wildman–Crippen MR) is 99.9 cm³/mol. The molecule has 1 amide bonds. The summed E-state index contributed by atoms with van der Waals surface area (Å²) in [7, 11) is 1.54. The zero-order valence-electron chi connectivity index (χ0n) is 15.1. The van der Waals surface area contributed by atoms with Crippen LogP contribution in [0.25, 0.3) is 6.08 Å². The standard InChI is InChI=1S/C20H22N2O5/c1-25-13-12-22-19(23)15-27-20(24)10-7-16-5-8-18(9-6-16)26-14-17-4-2-3-11-21-17/h2-11H,12-15H2,1H3,(H,22,23)/b10-7+. The molecule has 27 heavy (non-hydrogen) atoms. The summed E-state index contributed by atoms with van der Waals surface area (Å²) in [5, 5.41) is 2.56. The maximum atomic E-state index is 11.6.